The van der Waals surface area contributed by atoms with Gasteiger partial charge in [-0.15, -0.1) is 0 Å². The SMILES string of the molecule is COCC(NN)c1ccccc1Br. The maximum Gasteiger partial charge on any atom is 0.0704 e. The molecule has 0 aliphatic heterocycles. The predicted octanol–water partition coefficient (Wildman–Crippen LogP) is 1.60. The molecule has 3 nitrogen and oxygen atoms in total. The Balaban J connectivity index is 2.84. The topological polar surface area (TPSA) is 47.3 Å². The van der Waals surface area contributed by atoms with Crippen molar-refractivity contribution in [1.82, 2.24) is 5.43 Å². The number of nitrogens with two attached hydrogens (primary N) is 1. The zero-order valence-corrected chi connectivity index (χ0v) is 9.04. The minimum Gasteiger partial charge on any atom is -0.383 e. The normalized spacial score (nSPS) is 12.8. The van der Waals surface area contributed by atoms with E-state index in [1.165, 1.54) is 0 Å². The van der Waals surface area contributed by atoms with Crippen LogP contribution in [0.3, 0.4) is 0 Å². The van der Waals surface area contributed by atoms with Gasteiger partial charge in [-0.25, -0.2) is 0 Å². The average Bonchev–Trinajstić information content (AvgIpc) is 2.16. The van der Waals surface area contributed by atoms with E-state index in [1.54, 1.807) is 7.11 Å². The van der Waals surface area contributed by atoms with Gasteiger partial charge in [0.2, 0.25) is 0 Å². The summed E-state index contributed by atoms with van der Waals surface area (Å²) in [6, 6.07) is 7.96. The first-order chi connectivity index (χ1) is 6.29. The third kappa shape index (κ3) is 2.77. The Labute approximate surface area is 86.4 Å². The Hall–Kier alpha value is -0.420. The van der Waals surface area contributed by atoms with Crippen molar-refractivity contribution in [3.05, 3.63) is 34.3 Å². The number of rotatable bonds is 4. The Morgan fingerprint density at radius 3 is 2.77 bits per heavy atom. The lowest BCUT2D eigenvalue weighted by Crippen LogP contribution is -2.31. The first-order valence-corrected chi connectivity index (χ1v) is 4.78. The van der Waals surface area contributed by atoms with E-state index in [0.717, 1.165) is 10.0 Å². The molecule has 13 heavy (non-hydrogen) atoms. The van der Waals surface area contributed by atoms with Crippen LogP contribution in [-0.2, 0) is 4.74 Å². The fourth-order valence-corrected chi connectivity index (χ4v) is 1.71. The molecule has 0 radical (unpaired) electrons. The van der Waals surface area contributed by atoms with Crippen molar-refractivity contribution in [1.29, 1.82) is 0 Å². The molecule has 1 atom stereocenters. The lowest BCUT2D eigenvalue weighted by molar-refractivity contribution is 0.167. The molecule has 0 aliphatic carbocycles. The van der Waals surface area contributed by atoms with E-state index < -0.39 is 0 Å². The highest BCUT2D eigenvalue weighted by molar-refractivity contribution is 9.10. The summed E-state index contributed by atoms with van der Waals surface area (Å²) in [5.74, 6) is 5.41. The summed E-state index contributed by atoms with van der Waals surface area (Å²) in [6.45, 7) is 0.555. The van der Waals surface area contributed by atoms with Crippen molar-refractivity contribution >= 4 is 15.9 Å². The second-order valence-corrected chi connectivity index (χ2v) is 3.55. The third-order valence-corrected chi connectivity index (χ3v) is 2.54. The summed E-state index contributed by atoms with van der Waals surface area (Å²) in [4.78, 5) is 0. The van der Waals surface area contributed by atoms with Crippen molar-refractivity contribution < 1.29 is 4.74 Å². The van der Waals surface area contributed by atoms with E-state index in [2.05, 4.69) is 21.4 Å². The van der Waals surface area contributed by atoms with E-state index in [0.29, 0.717) is 6.61 Å². The van der Waals surface area contributed by atoms with Crippen LogP contribution in [0.15, 0.2) is 28.7 Å². The molecule has 1 aromatic rings. The molecule has 0 saturated heterocycles. The Morgan fingerprint density at radius 2 is 2.23 bits per heavy atom. The summed E-state index contributed by atoms with van der Waals surface area (Å²) in [5, 5.41) is 0. The molecular weight excluding hydrogens is 232 g/mol. The first kappa shape index (κ1) is 10.7. The average molecular weight is 245 g/mol. The highest BCUT2D eigenvalue weighted by Gasteiger charge is 2.11. The molecule has 0 amide bonds. The molecule has 4 heteroatoms. The summed E-state index contributed by atoms with van der Waals surface area (Å²) in [6.07, 6.45) is 0. The minimum atomic E-state index is 0.0283. The summed E-state index contributed by atoms with van der Waals surface area (Å²) >= 11 is 3.46. The zero-order valence-electron chi connectivity index (χ0n) is 7.46. The third-order valence-electron chi connectivity index (χ3n) is 1.82. The summed E-state index contributed by atoms with van der Waals surface area (Å²) in [7, 11) is 1.65. The number of nitrogens with one attached hydrogen (secondary N) is 1. The van der Waals surface area contributed by atoms with Crippen molar-refractivity contribution in [2.24, 2.45) is 5.84 Å². The quantitative estimate of drug-likeness (QED) is 0.625. The second kappa shape index (κ2) is 5.34. The maximum atomic E-state index is 5.41. The number of hydrogen-bond acceptors (Lipinski definition) is 3. The van der Waals surface area contributed by atoms with Crippen molar-refractivity contribution in [3.8, 4) is 0 Å². The zero-order chi connectivity index (χ0) is 9.68. The number of benzene rings is 1. The van der Waals surface area contributed by atoms with E-state index in [1.807, 2.05) is 24.3 Å². The van der Waals surface area contributed by atoms with Crippen LogP contribution in [0, 0.1) is 0 Å². The number of methoxy groups -OCH3 is 1. The fraction of sp³-hybridized carbons (Fsp3) is 0.333. The van der Waals surface area contributed by atoms with Gasteiger partial charge in [0.1, 0.15) is 0 Å². The van der Waals surface area contributed by atoms with Gasteiger partial charge in [-0.1, -0.05) is 34.1 Å². The van der Waals surface area contributed by atoms with E-state index in [4.69, 9.17) is 10.6 Å². The Kier molecular flexibility index (Phi) is 4.38. The molecule has 0 bridgehead atoms. The molecule has 1 unspecified atom stereocenters. The molecule has 0 fully saturated rings. The van der Waals surface area contributed by atoms with Gasteiger partial charge >= 0.3 is 0 Å². The van der Waals surface area contributed by atoms with Crippen LogP contribution in [0.2, 0.25) is 0 Å². The number of hydrogen-bond donors (Lipinski definition) is 2. The van der Waals surface area contributed by atoms with E-state index in [9.17, 15) is 0 Å². The van der Waals surface area contributed by atoms with Gasteiger partial charge in [-0.3, -0.25) is 11.3 Å². The van der Waals surface area contributed by atoms with Gasteiger partial charge in [0.25, 0.3) is 0 Å². The number of ether oxygens (including phenoxy) is 1. The molecule has 0 heterocycles. The van der Waals surface area contributed by atoms with Crippen molar-refractivity contribution in [2.45, 2.75) is 6.04 Å². The molecule has 72 valence electrons. The highest BCUT2D eigenvalue weighted by atomic mass is 79.9. The summed E-state index contributed by atoms with van der Waals surface area (Å²) in [5.41, 5.74) is 3.81. The Morgan fingerprint density at radius 1 is 1.54 bits per heavy atom. The van der Waals surface area contributed by atoms with Crippen LogP contribution in [0.5, 0.6) is 0 Å². The van der Waals surface area contributed by atoms with Crippen LogP contribution in [0.4, 0.5) is 0 Å². The minimum absolute atomic E-state index is 0.0283. The van der Waals surface area contributed by atoms with Crippen LogP contribution >= 0.6 is 15.9 Å². The fourth-order valence-electron chi connectivity index (χ4n) is 1.15. The van der Waals surface area contributed by atoms with Gasteiger partial charge in [-0.2, -0.15) is 0 Å². The monoisotopic (exact) mass is 244 g/mol. The standard InChI is InChI=1S/C9H13BrN2O/c1-13-6-9(12-11)7-4-2-3-5-8(7)10/h2-5,9,12H,6,11H2,1H3. The van der Waals surface area contributed by atoms with E-state index in [-0.39, 0.29) is 6.04 Å². The molecule has 0 aromatic heterocycles. The van der Waals surface area contributed by atoms with Gasteiger partial charge in [-0.05, 0) is 11.6 Å². The number of halogens is 1. The molecule has 0 saturated carbocycles. The van der Waals surface area contributed by atoms with Crippen LogP contribution in [0.25, 0.3) is 0 Å². The molecule has 0 aliphatic rings. The first-order valence-electron chi connectivity index (χ1n) is 3.99. The predicted molar refractivity (Wildman–Crippen MR) is 56.1 cm³/mol. The van der Waals surface area contributed by atoms with Gasteiger partial charge in [0, 0.05) is 11.6 Å². The largest absolute Gasteiger partial charge is 0.383 e. The van der Waals surface area contributed by atoms with Crippen LogP contribution in [0.1, 0.15) is 11.6 Å². The lowest BCUT2D eigenvalue weighted by Gasteiger charge is -2.16. The van der Waals surface area contributed by atoms with Gasteiger partial charge < -0.3 is 4.74 Å². The van der Waals surface area contributed by atoms with Gasteiger partial charge in [0.05, 0.1) is 12.6 Å². The van der Waals surface area contributed by atoms with Crippen LogP contribution in [-0.4, -0.2) is 13.7 Å². The lowest BCUT2D eigenvalue weighted by atomic mass is 10.1. The molecule has 3 N–H and O–H groups in total. The Bertz CT molecular complexity index is 268. The summed E-state index contributed by atoms with van der Waals surface area (Å²) < 4.78 is 6.08. The van der Waals surface area contributed by atoms with Crippen LogP contribution < -0.4 is 11.3 Å². The number of hydrazine groups is 1. The van der Waals surface area contributed by atoms with E-state index >= 15 is 0 Å². The van der Waals surface area contributed by atoms with Crippen molar-refractivity contribution in [2.75, 3.05) is 13.7 Å². The smallest absolute Gasteiger partial charge is 0.0704 e. The maximum absolute atomic E-state index is 5.41. The molecule has 0 spiro atoms. The van der Waals surface area contributed by atoms with Crippen molar-refractivity contribution in [3.63, 3.8) is 0 Å². The highest BCUT2D eigenvalue weighted by Crippen LogP contribution is 2.22. The molecule has 1 aromatic carbocycles. The molecular formula is C9H13BrN2O. The second-order valence-electron chi connectivity index (χ2n) is 2.70. The molecule has 1 rings (SSSR count). The van der Waals surface area contributed by atoms with Gasteiger partial charge in [0.15, 0.2) is 0 Å².